The van der Waals surface area contributed by atoms with E-state index < -0.39 is 4.92 Å². The zero-order valence-corrected chi connectivity index (χ0v) is 17.0. The summed E-state index contributed by atoms with van der Waals surface area (Å²) >= 11 is 1.44. The molecular formula is C20H20N4O4S. The van der Waals surface area contributed by atoms with E-state index in [1.165, 1.54) is 35.6 Å². The number of nitro groups is 1. The maximum atomic E-state index is 12.4. The summed E-state index contributed by atoms with van der Waals surface area (Å²) in [6.07, 6.45) is 0.157. The van der Waals surface area contributed by atoms with Gasteiger partial charge in [-0.05, 0) is 36.8 Å². The van der Waals surface area contributed by atoms with E-state index in [0.717, 1.165) is 21.7 Å². The third-order valence-electron chi connectivity index (χ3n) is 4.27. The Kier molecular flexibility index (Phi) is 6.08. The lowest BCUT2D eigenvalue weighted by Crippen LogP contribution is -2.19. The lowest BCUT2D eigenvalue weighted by molar-refractivity contribution is -0.384. The lowest BCUT2D eigenvalue weighted by Gasteiger charge is -2.06. The van der Waals surface area contributed by atoms with Gasteiger partial charge in [-0.15, -0.1) is 11.3 Å². The molecule has 0 radical (unpaired) electrons. The molecule has 150 valence electrons. The Bertz CT molecular complexity index is 1120. The molecule has 9 heteroatoms. The number of thiazole rings is 1. The summed E-state index contributed by atoms with van der Waals surface area (Å²) in [7, 11) is 3.46. The summed E-state index contributed by atoms with van der Waals surface area (Å²) in [5.41, 5.74) is 3.09. The van der Waals surface area contributed by atoms with Crippen LogP contribution in [-0.4, -0.2) is 22.5 Å². The SMILES string of the molecule is COc1ccc(C)cc1N=c1scc(CC(=O)Nc2ccc([N+](=O)[O-])cc2)n1C. The second kappa shape index (κ2) is 8.70. The second-order valence-electron chi connectivity index (χ2n) is 6.38. The molecule has 0 spiro atoms. The normalized spacial score (nSPS) is 11.3. The molecule has 1 aromatic heterocycles. The molecule has 2 aromatic carbocycles. The van der Waals surface area contributed by atoms with Crippen molar-refractivity contribution >= 4 is 34.3 Å². The zero-order valence-electron chi connectivity index (χ0n) is 16.2. The smallest absolute Gasteiger partial charge is 0.269 e. The maximum absolute atomic E-state index is 12.4. The minimum atomic E-state index is -0.481. The van der Waals surface area contributed by atoms with Crippen LogP contribution in [0.4, 0.5) is 17.1 Å². The molecule has 0 bridgehead atoms. The highest BCUT2D eigenvalue weighted by Crippen LogP contribution is 2.27. The number of hydrogen-bond donors (Lipinski definition) is 1. The highest BCUT2D eigenvalue weighted by atomic mass is 32.1. The quantitative estimate of drug-likeness (QED) is 0.493. The van der Waals surface area contributed by atoms with E-state index in [1.54, 1.807) is 7.11 Å². The number of anilines is 1. The van der Waals surface area contributed by atoms with Gasteiger partial charge in [0.25, 0.3) is 5.69 Å². The van der Waals surface area contributed by atoms with Crippen LogP contribution >= 0.6 is 11.3 Å². The summed E-state index contributed by atoms with van der Waals surface area (Å²) in [5, 5.41) is 15.3. The van der Waals surface area contributed by atoms with Gasteiger partial charge in [0.1, 0.15) is 11.4 Å². The number of carbonyl (C=O) groups excluding carboxylic acids is 1. The van der Waals surface area contributed by atoms with Crippen molar-refractivity contribution in [2.45, 2.75) is 13.3 Å². The van der Waals surface area contributed by atoms with Crippen LogP contribution in [0.25, 0.3) is 0 Å². The van der Waals surface area contributed by atoms with Crippen molar-refractivity contribution in [1.82, 2.24) is 4.57 Å². The van der Waals surface area contributed by atoms with Gasteiger partial charge in [0.05, 0.1) is 18.5 Å². The number of hydrogen-bond acceptors (Lipinski definition) is 6. The predicted molar refractivity (Wildman–Crippen MR) is 112 cm³/mol. The highest BCUT2D eigenvalue weighted by molar-refractivity contribution is 7.07. The minimum absolute atomic E-state index is 0.0231. The topological polar surface area (TPSA) is 98.8 Å². The van der Waals surface area contributed by atoms with Gasteiger partial charge < -0.3 is 14.6 Å². The standard InChI is InChI=1S/C20H20N4O4S/c1-13-4-9-18(28-3)17(10-13)22-20-23(2)16(12-29-20)11-19(25)21-14-5-7-15(8-6-14)24(26)27/h4-10,12H,11H2,1-3H3,(H,21,25). The number of rotatable bonds is 6. The fourth-order valence-electron chi connectivity index (χ4n) is 2.69. The summed E-state index contributed by atoms with van der Waals surface area (Å²) in [4.78, 5) is 28.0. The first-order valence-corrected chi connectivity index (χ1v) is 9.62. The summed E-state index contributed by atoms with van der Waals surface area (Å²) in [6, 6.07) is 11.5. The molecule has 0 aliphatic heterocycles. The molecule has 0 saturated heterocycles. The number of carbonyl (C=O) groups is 1. The number of methoxy groups -OCH3 is 1. The molecule has 3 aromatic rings. The maximum Gasteiger partial charge on any atom is 0.269 e. The Labute approximate surface area is 171 Å². The van der Waals surface area contributed by atoms with Gasteiger partial charge in [-0.2, -0.15) is 0 Å². The number of ether oxygens (including phenoxy) is 1. The average Bonchev–Trinajstić information content (AvgIpc) is 3.02. The molecule has 0 unspecified atom stereocenters. The van der Waals surface area contributed by atoms with Gasteiger partial charge in [0.15, 0.2) is 4.80 Å². The first kappa shape index (κ1) is 20.3. The fourth-order valence-corrected chi connectivity index (χ4v) is 3.60. The van der Waals surface area contributed by atoms with Crippen molar-refractivity contribution < 1.29 is 14.5 Å². The van der Waals surface area contributed by atoms with Crippen LogP contribution in [0.15, 0.2) is 52.8 Å². The van der Waals surface area contributed by atoms with Gasteiger partial charge in [-0.1, -0.05) is 6.07 Å². The Morgan fingerprint density at radius 3 is 2.66 bits per heavy atom. The van der Waals surface area contributed by atoms with Crippen molar-refractivity contribution in [3.63, 3.8) is 0 Å². The van der Waals surface area contributed by atoms with Crippen LogP contribution in [0.1, 0.15) is 11.3 Å². The molecule has 3 rings (SSSR count). The van der Waals surface area contributed by atoms with E-state index >= 15 is 0 Å². The molecule has 0 aliphatic carbocycles. The van der Waals surface area contributed by atoms with Crippen LogP contribution < -0.4 is 14.9 Å². The molecule has 0 saturated carbocycles. The fraction of sp³-hybridized carbons (Fsp3) is 0.200. The largest absolute Gasteiger partial charge is 0.494 e. The first-order chi connectivity index (χ1) is 13.9. The first-order valence-electron chi connectivity index (χ1n) is 8.74. The Balaban J connectivity index is 1.76. The Morgan fingerprint density at radius 1 is 1.28 bits per heavy atom. The summed E-state index contributed by atoms with van der Waals surface area (Å²) in [5.74, 6) is 0.466. The molecule has 0 atom stereocenters. The van der Waals surface area contributed by atoms with E-state index in [2.05, 4.69) is 10.3 Å². The summed E-state index contributed by atoms with van der Waals surface area (Å²) in [6.45, 7) is 1.99. The molecule has 8 nitrogen and oxygen atoms in total. The number of non-ortho nitro benzene ring substituents is 1. The van der Waals surface area contributed by atoms with Crippen LogP contribution in [0.3, 0.4) is 0 Å². The number of aromatic nitrogens is 1. The van der Waals surface area contributed by atoms with Crippen LogP contribution in [0, 0.1) is 17.0 Å². The number of aryl methyl sites for hydroxylation is 1. The molecule has 1 amide bonds. The van der Waals surface area contributed by atoms with Crippen LogP contribution in [-0.2, 0) is 18.3 Å². The highest BCUT2D eigenvalue weighted by Gasteiger charge is 2.11. The molecule has 29 heavy (non-hydrogen) atoms. The van der Waals surface area contributed by atoms with Crippen molar-refractivity contribution in [2.75, 3.05) is 12.4 Å². The second-order valence-corrected chi connectivity index (χ2v) is 7.22. The van der Waals surface area contributed by atoms with Gasteiger partial charge in [0.2, 0.25) is 5.91 Å². The van der Waals surface area contributed by atoms with Crippen LogP contribution in [0.5, 0.6) is 5.75 Å². The number of amides is 1. The molecule has 1 heterocycles. The Hall–Kier alpha value is -3.46. The third-order valence-corrected chi connectivity index (χ3v) is 5.24. The number of nitrogens with zero attached hydrogens (tertiary/aromatic N) is 3. The third kappa shape index (κ3) is 4.88. The van der Waals surface area contributed by atoms with E-state index in [-0.39, 0.29) is 18.0 Å². The van der Waals surface area contributed by atoms with E-state index in [9.17, 15) is 14.9 Å². The van der Waals surface area contributed by atoms with E-state index in [0.29, 0.717) is 11.4 Å². The summed E-state index contributed by atoms with van der Waals surface area (Å²) < 4.78 is 7.23. The van der Waals surface area contributed by atoms with Crippen molar-refractivity contribution in [2.24, 2.45) is 12.0 Å². The molecule has 1 N–H and O–H groups in total. The lowest BCUT2D eigenvalue weighted by atomic mass is 10.2. The molecule has 0 aliphatic rings. The average molecular weight is 412 g/mol. The number of nitro benzene ring substituents is 1. The molecule has 0 fully saturated rings. The van der Waals surface area contributed by atoms with Crippen molar-refractivity contribution in [1.29, 1.82) is 0 Å². The number of nitrogens with one attached hydrogen (secondary N) is 1. The predicted octanol–water partition coefficient (Wildman–Crippen LogP) is 3.73. The molecular weight excluding hydrogens is 392 g/mol. The van der Waals surface area contributed by atoms with Gasteiger partial charge in [-0.25, -0.2) is 4.99 Å². The van der Waals surface area contributed by atoms with E-state index in [1.807, 2.05) is 42.1 Å². The van der Waals surface area contributed by atoms with Crippen molar-refractivity contribution in [3.05, 3.63) is 74.0 Å². The minimum Gasteiger partial charge on any atom is -0.494 e. The Morgan fingerprint density at radius 2 is 2.00 bits per heavy atom. The van der Waals surface area contributed by atoms with Gasteiger partial charge in [0, 0.05) is 35.9 Å². The van der Waals surface area contributed by atoms with E-state index in [4.69, 9.17) is 4.74 Å². The van der Waals surface area contributed by atoms with Gasteiger partial charge >= 0.3 is 0 Å². The van der Waals surface area contributed by atoms with Gasteiger partial charge in [-0.3, -0.25) is 14.9 Å². The zero-order chi connectivity index (χ0) is 21.0. The number of benzene rings is 2. The van der Waals surface area contributed by atoms with Crippen LogP contribution in [0.2, 0.25) is 0 Å². The van der Waals surface area contributed by atoms with Crippen molar-refractivity contribution in [3.8, 4) is 5.75 Å². The monoisotopic (exact) mass is 412 g/mol.